The summed E-state index contributed by atoms with van der Waals surface area (Å²) in [7, 11) is 1.61. The van der Waals surface area contributed by atoms with Crippen LogP contribution in [0.2, 0.25) is 0 Å². The van der Waals surface area contributed by atoms with Crippen LogP contribution in [0.15, 0.2) is 59.5 Å². The molecule has 0 saturated carbocycles. The third-order valence-corrected chi connectivity index (χ3v) is 7.52. The van der Waals surface area contributed by atoms with Gasteiger partial charge < -0.3 is 9.47 Å². The second kappa shape index (κ2) is 10.3. The first kappa shape index (κ1) is 26.0. The van der Waals surface area contributed by atoms with Gasteiger partial charge in [0.1, 0.15) is 34.7 Å². The van der Waals surface area contributed by atoms with Gasteiger partial charge in [0.15, 0.2) is 0 Å². The molecule has 39 heavy (non-hydrogen) atoms. The predicted molar refractivity (Wildman–Crippen MR) is 147 cm³/mol. The molecule has 1 aliphatic heterocycles. The molecule has 0 spiro atoms. The van der Waals surface area contributed by atoms with Crippen molar-refractivity contribution in [2.24, 2.45) is 7.05 Å². The van der Waals surface area contributed by atoms with Crippen molar-refractivity contribution >= 4 is 16.7 Å². The number of fused-ring (bicyclic) bond motifs is 1. The van der Waals surface area contributed by atoms with E-state index in [0.717, 1.165) is 16.8 Å². The van der Waals surface area contributed by atoms with Crippen LogP contribution in [0.3, 0.4) is 0 Å². The van der Waals surface area contributed by atoms with Crippen LogP contribution >= 0.6 is 0 Å². The van der Waals surface area contributed by atoms with Crippen molar-refractivity contribution in [2.75, 3.05) is 18.0 Å². The number of nitriles is 2. The first-order valence-corrected chi connectivity index (χ1v) is 12.8. The molecule has 0 bridgehead atoms. The summed E-state index contributed by atoms with van der Waals surface area (Å²) in [6.45, 7) is 7.25. The Labute approximate surface area is 226 Å². The summed E-state index contributed by atoms with van der Waals surface area (Å²) in [5.74, 6) is -0.390. The van der Waals surface area contributed by atoms with E-state index in [9.17, 15) is 19.7 Å². The average Bonchev–Trinajstić information content (AvgIpc) is 2.94. The van der Waals surface area contributed by atoms with Crippen molar-refractivity contribution < 1.29 is 4.39 Å². The lowest BCUT2D eigenvalue weighted by Crippen LogP contribution is -2.58. The normalized spacial score (nSPS) is 18.5. The minimum atomic E-state index is -0.401. The lowest BCUT2D eigenvalue weighted by atomic mass is 9.95. The summed E-state index contributed by atoms with van der Waals surface area (Å²) in [6, 6.07) is 18.5. The monoisotopic (exact) mass is 521 g/mol. The minimum Gasteiger partial charge on any atom is -0.363 e. The van der Waals surface area contributed by atoms with Crippen molar-refractivity contribution in [3.8, 4) is 12.1 Å². The maximum atomic E-state index is 13.8. The van der Waals surface area contributed by atoms with Crippen LogP contribution in [0.25, 0.3) is 11.0 Å². The predicted octanol–water partition coefficient (Wildman–Crippen LogP) is 4.21. The number of piperazine rings is 1. The quantitative estimate of drug-likeness (QED) is 0.396. The SMILES string of the molecule is Cc1ccc(C(c2ccc(F)cn2)N2C[C@H](C)N(c3c(C#N)c(=O)n(C)c4ccc(C#N)nc34)C[C@H]2C)cc1. The Morgan fingerprint density at radius 2 is 1.74 bits per heavy atom. The number of aryl methyl sites for hydroxylation is 2. The van der Waals surface area contributed by atoms with Crippen LogP contribution < -0.4 is 10.5 Å². The van der Waals surface area contributed by atoms with Crippen LogP contribution in [0.4, 0.5) is 10.1 Å². The highest BCUT2D eigenvalue weighted by molar-refractivity contribution is 5.92. The number of aromatic nitrogens is 3. The zero-order valence-corrected chi connectivity index (χ0v) is 22.3. The molecule has 0 N–H and O–H groups in total. The van der Waals surface area contributed by atoms with Crippen LogP contribution in [0.5, 0.6) is 0 Å². The summed E-state index contributed by atoms with van der Waals surface area (Å²) in [5, 5.41) is 19.5. The van der Waals surface area contributed by atoms with E-state index in [4.69, 9.17) is 0 Å². The van der Waals surface area contributed by atoms with E-state index in [1.54, 1.807) is 25.2 Å². The maximum absolute atomic E-state index is 13.8. The van der Waals surface area contributed by atoms with Gasteiger partial charge in [0, 0.05) is 32.2 Å². The summed E-state index contributed by atoms with van der Waals surface area (Å²) in [6.07, 6.45) is 1.24. The topological polar surface area (TPSA) is 102 Å². The number of halogens is 1. The third kappa shape index (κ3) is 4.62. The third-order valence-electron chi connectivity index (χ3n) is 7.52. The molecule has 196 valence electrons. The Kier molecular flexibility index (Phi) is 6.86. The molecule has 8 nitrogen and oxygen atoms in total. The van der Waals surface area contributed by atoms with E-state index >= 15 is 0 Å². The molecule has 1 unspecified atom stereocenters. The van der Waals surface area contributed by atoms with Gasteiger partial charge in [0.05, 0.1) is 29.1 Å². The summed E-state index contributed by atoms with van der Waals surface area (Å²) in [5.41, 5.74) is 4.22. The van der Waals surface area contributed by atoms with Crippen molar-refractivity contribution in [2.45, 2.75) is 38.9 Å². The van der Waals surface area contributed by atoms with Crippen LogP contribution in [0.1, 0.15) is 48.0 Å². The maximum Gasteiger partial charge on any atom is 0.270 e. The van der Waals surface area contributed by atoms with Crippen molar-refractivity contribution in [3.63, 3.8) is 0 Å². The number of benzene rings is 1. The molecule has 1 aliphatic rings. The Bertz CT molecular complexity index is 1640. The van der Waals surface area contributed by atoms with E-state index in [0.29, 0.717) is 29.8 Å². The van der Waals surface area contributed by atoms with Crippen molar-refractivity contribution in [3.05, 3.63) is 99.0 Å². The fourth-order valence-electron chi connectivity index (χ4n) is 5.49. The average molecular weight is 522 g/mol. The number of hydrogen-bond donors (Lipinski definition) is 0. The molecule has 1 fully saturated rings. The van der Waals surface area contributed by atoms with Gasteiger partial charge in [-0.15, -0.1) is 0 Å². The lowest BCUT2D eigenvalue weighted by molar-refractivity contribution is 0.128. The smallest absolute Gasteiger partial charge is 0.270 e. The van der Waals surface area contributed by atoms with Gasteiger partial charge in [-0.2, -0.15) is 10.5 Å². The largest absolute Gasteiger partial charge is 0.363 e. The zero-order valence-electron chi connectivity index (χ0n) is 22.3. The number of pyridine rings is 3. The Morgan fingerprint density at radius 3 is 2.38 bits per heavy atom. The highest BCUT2D eigenvalue weighted by Crippen LogP contribution is 2.36. The van der Waals surface area contributed by atoms with Gasteiger partial charge in [-0.25, -0.2) is 9.37 Å². The molecule has 9 heteroatoms. The molecule has 4 aromatic rings. The number of hydrogen-bond acceptors (Lipinski definition) is 7. The van der Waals surface area contributed by atoms with Gasteiger partial charge in [-0.3, -0.25) is 14.7 Å². The standard InChI is InChI=1S/C30H28FN7O/c1-18-5-7-21(8-6-18)28(25-11-9-22(31)15-34-25)37-16-20(3)38(17-19(37)2)29-24(14-33)30(39)36(4)26-12-10-23(13-32)35-27(26)29/h5-12,15,19-20,28H,16-17H2,1-4H3/t19-,20+,28?/m1/s1. The minimum absolute atomic E-state index is 0.00961. The molecular weight excluding hydrogens is 493 g/mol. The Balaban J connectivity index is 1.61. The highest BCUT2D eigenvalue weighted by atomic mass is 19.1. The molecule has 1 saturated heterocycles. The Morgan fingerprint density at radius 1 is 1.00 bits per heavy atom. The van der Waals surface area contributed by atoms with Gasteiger partial charge in [-0.05, 0) is 50.6 Å². The lowest BCUT2D eigenvalue weighted by Gasteiger charge is -2.48. The second-order valence-electron chi connectivity index (χ2n) is 10.1. The second-order valence-corrected chi connectivity index (χ2v) is 10.1. The fourth-order valence-corrected chi connectivity index (χ4v) is 5.49. The molecule has 4 heterocycles. The first-order chi connectivity index (χ1) is 18.7. The molecular formula is C30H28FN7O. The van der Waals surface area contributed by atoms with Gasteiger partial charge in [-0.1, -0.05) is 29.8 Å². The summed E-state index contributed by atoms with van der Waals surface area (Å²) >= 11 is 0. The van der Waals surface area contributed by atoms with E-state index in [1.165, 1.54) is 16.8 Å². The van der Waals surface area contributed by atoms with Gasteiger partial charge >= 0.3 is 0 Å². The van der Waals surface area contributed by atoms with E-state index in [-0.39, 0.29) is 29.4 Å². The number of anilines is 1. The Hall–Kier alpha value is -4.60. The van der Waals surface area contributed by atoms with Crippen LogP contribution in [-0.2, 0) is 7.05 Å². The molecule has 3 atom stereocenters. The number of nitrogens with zero attached hydrogens (tertiary/aromatic N) is 7. The molecule has 0 aliphatic carbocycles. The van der Waals surface area contributed by atoms with E-state index in [1.807, 2.05) is 13.8 Å². The van der Waals surface area contributed by atoms with Gasteiger partial charge in [0.25, 0.3) is 5.56 Å². The van der Waals surface area contributed by atoms with E-state index < -0.39 is 11.4 Å². The van der Waals surface area contributed by atoms with Crippen molar-refractivity contribution in [1.82, 2.24) is 19.4 Å². The highest BCUT2D eigenvalue weighted by Gasteiger charge is 2.37. The molecule has 0 amide bonds. The summed E-state index contributed by atoms with van der Waals surface area (Å²) < 4.78 is 15.2. The van der Waals surface area contributed by atoms with Crippen LogP contribution in [-0.4, -0.2) is 44.6 Å². The fraction of sp³-hybridized carbons (Fsp3) is 0.300. The van der Waals surface area contributed by atoms with Gasteiger partial charge in [0.2, 0.25) is 0 Å². The number of rotatable bonds is 4. The zero-order chi connectivity index (χ0) is 27.8. The van der Waals surface area contributed by atoms with Crippen LogP contribution in [0, 0.1) is 35.4 Å². The molecule has 1 aromatic carbocycles. The summed E-state index contributed by atoms with van der Waals surface area (Å²) in [4.78, 5) is 26.5. The van der Waals surface area contributed by atoms with Crippen molar-refractivity contribution in [1.29, 1.82) is 10.5 Å². The van der Waals surface area contributed by atoms with E-state index in [2.05, 4.69) is 63.1 Å². The molecule has 3 aromatic heterocycles. The first-order valence-electron chi connectivity index (χ1n) is 12.8. The molecule has 5 rings (SSSR count). The molecule has 0 radical (unpaired) electrons.